The summed E-state index contributed by atoms with van der Waals surface area (Å²) in [5.41, 5.74) is 2.51. The van der Waals surface area contributed by atoms with Gasteiger partial charge in [0.2, 0.25) is 0 Å². The summed E-state index contributed by atoms with van der Waals surface area (Å²) < 4.78 is 33.0. The van der Waals surface area contributed by atoms with E-state index in [1.807, 2.05) is 36.1 Å². The lowest BCUT2D eigenvalue weighted by Crippen LogP contribution is -2.44. The van der Waals surface area contributed by atoms with Gasteiger partial charge in [-0.25, -0.2) is 13.8 Å². The zero-order valence-corrected chi connectivity index (χ0v) is 17.2. The molecule has 1 aliphatic heterocycles. The van der Waals surface area contributed by atoms with Crippen LogP contribution in [0.3, 0.4) is 0 Å². The summed E-state index contributed by atoms with van der Waals surface area (Å²) in [6.45, 7) is 3.05. The van der Waals surface area contributed by atoms with Gasteiger partial charge in [-0.15, -0.1) is 0 Å². The molecule has 3 aromatic rings. The molecular formula is C24H23F2N3O2. The third kappa shape index (κ3) is 4.77. The van der Waals surface area contributed by atoms with Crippen LogP contribution in [0.5, 0.6) is 0 Å². The fourth-order valence-corrected chi connectivity index (χ4v) is 4.03. The summed E-state index contributed by atoms with van der Waals surface area (Å²) in [5, 5.41) is 0. The van der Waals surface area contributed by atoms with Gasteiger partial charge >= 0.3 is 0 Å². The zero-order valence-electron chi connectivity index (χ0n) is 17.2. The van der Waals surface area contributed by atoms with Crippen LogP contribution in [0.2, 0.25) is 0 Å². The van der Waals surface area contributed by atoms with Crippen LogP contribution in [0.4, 0.5) is 8.78 Å². The normalized spacial score (nSPS) is 18.5. The molecule has 0 radical (unpaired) electrons. The Kier molecular flexibility index (Phi) is 6.32. The molecule has 2 atom stereocenters. The number of carbonyl (C=O) groups is 1. The second-order valence-corrected chi connectivity index (χ2v) is 7.50. The first-order chi connectivity index (χ1) is 15.0. The molecule has 31 heavy (non-hydrogen) atoms. The molecule has 0 aliphatic carbocycles. The maximum Gasteiger partial charge on any atom is 0.274 e. The van der Waals surface area contributed by atoms with E-state index in [4.69, 9.17) is 4.74 Å². The predicted octanol–water partition coefficient (Wildman–Crippen LogP) is 4.80. The third-order valence-corrected chi connectivity index (χ3v) is 5.56. The number of hydrogen-bond donors (Lipinski definition) is 0. The van der Waals surface area contributed by atoms with E-state index in [2.05, 4.69) is 9.97 Å². The third-order valence-electron chi connectivity index (χ3n) is 5.56. The van der Waals surface area contributed by atoms with Crippen LogP contribution >= 0.6 is 0 Å². The Morgan fingerprint density at radius 1 is 1.10 bits per heavy atom. The van der Waals surface area contributed by atoms with Crippen LogP contribution in [0.1, 0.15) is 41.9 Å². The van der Waals surface area contributed by atoms with Crippen molar-refractivity contribution in [3.63, 3.8) is 0 Å². The summed E-state index contributed by atoms with van der Waals surface area (Å²) in [6, 6.07) is 11.0. The average Bonchev–Trinajstić information content (AvgIpc) is 2.80. The van der Waals surface area contributed by atoms with Crippen molar-refractivity contribution in [3.8, 4) is 11.1 Å². The van der Waals surface area contributed by atoms with Gasteiger partial charge in [-0.05, 0) is 48.6 Å². The van der Waals surface area contributed by atoms with E-state index < -0.39 is 11.6 Å². The first-order valence-corrected chi connectivity index (χ1v) is 10.3. The first kappa shape index (κ1) is 21.1. The van der Waals surface area contributed by atoms with Crippen LogP contribution in [-0.4, -0.2) is 40.0 Å². The van der Waals surface area contributed by atoms with Crippen molar-refractivity contribution >= 4 is 5.91 Å². The number of aromatic nitrogens is 2. The summed E-state index contributed by atoms with van der Waals surface area (Å²) >= 11 is 0. The minimum atomic E-state index is -0.607. The Morgan fingerprint density at radius 2 is 1.84 bits per heavy atom. The SMILES string of the molecule is CCN(C(=O)c1cnccn1)[C@H]1CCO[C@@H](c2ccc(-c3cc(F)cc(F)c3)cc2)C1. The van der Waals surface area contributed by atoms with Gasteiger partial charge in [0.15, 0.2) is 0 Å². The van der Waals surface area contributed by atoms with Gasteiger partial charge in [0.1, 0.15) is 17.3 Å². The van der Waals surface area contributed by atoms with E-state index in [1.165, 1.54) is 24.5 Å². The largest absolute Gasteiger partial charge is 0.373 e. The van der Waals surface area contributed by atoms with Crippen molar-refractivity contribution in [2.45, 2.75) is 31.9 Å². The van der Waals surface area contributed by atoms with Gasteiger partial charge < -0.3 is 9.64 Å². The molecule has 0 saturated carbocycles. The van der Waals surface area contributed by atoms with Crippen molar-refractivity contribution in [1.29, 1.82) is 0 Å². The molecule has 0 unspecified atom stereocenters. The molecule has 0 spiro atoms. The first-order valence-electron chi connectivity index (χ1n) is 10.3. The summed E-state index contributed by atoms with van der Waals surface area (Å²) in [6.07, 6.45) is 5.78. The highest BCUT2D eigenvalue weighted by Crippen LogP contribution is 2.32. The minimum absolute atomic E-state index is 0.0234. The number of amides is 1. The fourth-order valence-electron chi connectivity index (χ4n) is 4.03. The molecule has 5 nitrogen and oxygen atoms in total. The van der Waals surface area contributed by atoms with Crippen LogP contribution < -0.4 is 0 Å². The summed E-state index contributed by atoms with van der Waals surface area (Å²) in [5.74, 6) is -1.35. The molecule has 160 valence electrons. The van der Waals surface area contributed by atoms with Crippen molar-refractivity contribution in [1.82, 2.24) is 14.9 Å². The molecule has 1 amide bonds. The predicted molar refractivity (Wildman–Crippen MR) is 112 cm³/mol. The number of hydrogen-bond acceptors (Lipinski definition) is 4. The Bertz CT molecular complexity index is 1020. The molecule has 0 N–H and O–H groups in total. The second kappa shape index (κ2) is 9.31. The van der Waals surface area contributed by atoms with E-state index >= 15 is 0 Å². The smallest absolute Gasteiger partial charge is 0.274 e. The van der Waals surface area contributed by atoms with Gasteiger partial charge in [0.25, 0.3) is 5.91 Å². The number of nitrogens with zero attached hydrogens (tertiary/aromatic N) is 3. The maximum absolute atomic E-state index is 13.5. The van der Waals surface area contributed by atoms with Crippen molar-refractivity contribution in [2.75, 3.05) is 13.2 Å². The van der Waals surface area contributed by atoms with Crippen LogP contribution in [0.25, 0.3) is 11.1 Å². The highest BCUT2D eigenvalue weighted by Gasteiger charge is 2.31. The number of rotatable bonds is 5. The lowest BCUT2D eigenvalue weighted by Gasteiger charge is -2.37. The topological polar surface area (TPSA) is 55.3 Å². The molecule has 1 saturated heterocycles. The molecule has 2 heterocycles. The number of carbonyl (C=O) groups excluding carboxylic acids is 1. The summed E-state index contributed by atoms with van der Waals surface area (Å²) in [7, 11) is 0. The Balaban J connectivity index is 1.49. The highest BCUT2D eigenvalue weighted by molar-refractivity contribution is 5.92. The van der Waals surface area contributed by atoms with Gasteiger partial charge in [-0.3, -0.25) is 9.78 Å². The van der Waals surface area contributed by atoms with Crippen molar-refractivity contribution in [2.24, 2.45) is 0 Å². The average molecular weight is 423 g/mol. The van der Waals surface area contributed by atoms with Crippen LogP contribution in [-0.2, 0) is 4.74 Å². The van der Waals surface area contributed by atoms with Crippen LogP contribution in [0, 0.1) is 11.6 Å². The Morgan fingerprint density at radius 3 is 2.48 bits per heavy atom. The number of halogens is 2. The lowest BCUT2D eigenvalue weighted by atomic mass is 9.94. The standard InChI is InChI=1S/C24H23F2N3O2/c1-2-29(24(30)22-15-27-8-9-28-22)21-7-10-31-23(14-21)17-5-3-16(4-6-17)18-11-19(25)13-20(26)12-18/h3-6,8-9,11-13,15,21,23H,2,7,10,14H2,1H3/t21-,23+/m0/s1. The number of ether oxygens (including phenoxy) is 1. The minimum Gasteiger partial charge on any atom is -0.373 e. The summed E-state index contributed by atoms with van der Waals surface area (Å²) in [4.78, 5) is 22.8. The van der Waals surface area contributed by atoms with Crippen molar-refractivity contribution in [3.05, 3.63) is 83.9 Å². The van der Waals surface area contributed by atoms with E-state index in [1.54, 1.807) is 6.20 Å². The second-order valence-electron chi connectivity index (χ2n) is 7.50. The zero-order chi connectivity index (χ0) is 21.8. The van der Waals surface area contributed by atoms with Crippen molar-refractivity contribution < 1.29 is 18.3 Å². The van der Waals surface area contributed by atoms with E-state index in [0.29, 0.717) is 30.8 Å². The highest BCUT2D eigenvalue weighted by atomic mass is 19.1. The maximum atomic E-state index is 13.5. The van der Waals surface area contributed by atoms with Gasteiger partial charge in [-0.1, -0.05) is 24.3 Å². The molecule has 0 bridgehead atoms. The fraction of sp³-hybridized carbons (Fsp3) is 0.292. The molecule has 7 heteroatoms. The van der Waals surface area contributed by atoms with Gasteiger partial charge in [0, 0.05) is 37.7 Å². The molecule has 4 rings (SSSR count). The van der Waals surface area contributed by atoms with Gasteiger partial charge in [0.05, 0.1) is 12.3 Å². The van der Waals surface area contributed by atoms with Gasteiger partial charge in [-0.2, -0.15) is 0 Å². The molecule has 1 aliphatic rings. The Hall–Kier alpha value is -3.19. The monoisotopic (exact) mass is 423 g/mol. The van der Waals surface area contributed by atoms with Crippen LogP contribution in [0.15, 0.2) is 61.1 Å². The molecular weight excluding hydrogens is 400 g/mol. The molecule has 1 fully saturated rings. The van der Waals surface area contributed by atoms with E-state index in [-0.39, 0.29) is 18.1 Å². The quantitative estimate of drug-likeness (QED) is 0.591. The Labute approximate surface area is 179 Å². The lowest BCUT2D eigenvalue weighted by molar-refractivity contribution is -0.0232. The molecule has 2 aromatic carbocycles. The van der Waals surface area contributed by atoms with E-state index in [9.17, 15) is 13.6 Å². The number of benzene rings is 2. The van der Waals surface area contributed by atoms with E-state index in [0.717, 1.165) is 23.6 Å². The molecule has 1 aromatic heterocycles.